The van der Waals surface area contributed by atoms with Crippen molar-refractivity contribution in [3.8, 4) is 11.3 Å². The molecule has 1 amide bonds. The van der Waals surface area contributed by atoms with Crippen molar-refractivity contribution in [2.24, 2.45) is 0 Å². The second-order valence-electron chi connectivity index (χ2n) is 7.08. The Bertz CT molecular complexity index is 963. The van der Waals surface area contributed by atoms with E-state index in [1.165, 1.54) is 29.1 Å². The van der Waals surface area contributed by atoms with Crippen LogP contribution < -0.4 is 5.32 Å². The van der Waals surface area contributed by atoms with Crippen molar-refractivity contribution in [3.05, 3.63) is 71.7 Å². The fourth-order valence-electron chi connectivity index (χ4n) is 3.16. The molecule has 0 radical (unpaired) electrons. The first-order valence-electron chi connectivity index (χ1n) is 9.82. The quantitative estimate of drug-likeness (QED) is 0.519. The maximum Gasteiger partial charge on any atom is 0.224 e. The summed E-state index contributed by atoms with van der Waals surface area (Å²) < 4.78 is 6.28. The van der Waals surface area contributed by atoms with Crippen molar-refractivity contribution in [1.82, 2.24) is 4.98 Å². The summed E-state index contributed by atoms with van der Waals surface area (Å²) >= 11 is 3.96. The molecular weight excluding hydrogens is 400 g/mol. The average Bonchev–Trinajstić information content (AvgIpc) is 3.23. The monoisotopic (exact) mass is 424 g/mol. The molecule has 3 aromatic rings. The third-order valence-corrected chi connectivity index (χ3v) is 7.74. The predicted molar refractivity (Wildman–Crippen MR) is 122 cm³/mol. The van der Waals surface area contributed by atoms with Gasteiger partial charge < -0.3 is 9.73 Å². The molecule has 4 rings (SSSR count). The van der Waals surface area contributed by atoms with Gasteiger partial charge in [0.25, 0.3) is 0 Å². The van der Waals surface area contributed by atoms with Gasteiger partial charge in [0.15, 0.2) is 11.7 Å². The number of hydrogen-bond acceptors (Lipinski definition) is 5. The van der Waals surface area contributed by atoms with Gasteiger partial charge in [-0.2, -0.15) is 0 Å². The van der Waals surface area contributed by atoms with Gasteiger partial charge in [-0.3, -0.25) is 4.79 Å². The number of carbonyl (C=O) groups excluding carboxylic acids is 1. The van der Waals surface area contributed by atoms with Crippen LogP contribution in [-0.4, -0.2) is 22.4 Å². The highest BCUT2D eigenvalue weighted by Crippen LogP contribution is 2.44. The molecule has 1 fully saturated rings. The van der Waals surface area contributed by atoms with Crippen molar-refractivity contribution in [2.75, 3.05) is 16.8 Å². The van der Waals surface area contributed by atoms with Gasteiger partial charge in [0.1, 0.15) is 0 Å². The molecule has 4 nitrogen and oxygen atoms in total. The largest absolute Gasteiger partial charge is 0.441 e. The fraction of sp³-hybridized carbons (Fsp3) is 0.304. The Kier molecular flexibility index (Phi) is 6.62. The summed E-state index contributed by atoms with van der Waals surface area (Å²) in [7, 11) is 0. The molecule has 1 aliphatic heterocycles. The van der Waals surface area contributed by atoms with Crippen molar-refractivity contribution < 1.29 is 9.21 Å². The van der Waals surface area contributed by atoms with Crippen LogP contribution in [0.25, 0.3) is 11.3 Å². The van der Waals surface area contributed by atoms with Crippen LogP contribution in [0.5, 0.6) is 0 Å². The maximum absolute atomic E-state index is 12.4. The third kappa shape index (κ3) is 5.46. The SMILES string of the molecule is Cc1ccc(-c2cnc(CCC(=O)Nc3cccc(C4SCCCS4)c3)o2)cc1. The number of benzene rings is 2. The standard InChI is InChI=1S/C23H24N2O2S2/c1-16-6-8-17(9-7-16)20-15-24-22(27-20)11-10-21(26)25-19-5-2-4-18(14-19)23-28-12-3-13-29-23/h2,4-9,14-15,23H,3,10-13H2,1H3,(H,25,26). The second kappa shape index (κ2) is 9.55. The van der Waals surface area contributed by atoms with Crippen LogP contribution in [0.4, 0.5) is 5.69 Å². The minimum Gasteiger partial charge on any atom is -0.441 e. The Labute approximate surface area is 179 Å². The highest BCUT2D eigenvalue weighted by atomic mass is 32.2. The summed E-state index contributed by atoms with van der Waals surface area (Å²) in [5, 5.41) is 3.01. The van der Waals surface area contributed by atoms with E-state index in [2.05, 4.69) is 29.4 Å². The first-order chi connectivity index (χ1) is 14.2. The molecular formula is C23H24N2O2S2. The molecule has 6 heteroatoms. The van der Waals surface area contributed by atoms with Crippen LogP contribution in [0.2, 0.25) is 0 Å². The van der Waals surface area contributed by atoms with E-state index in [9.17, 15) is 4.79 Å². The van der Waals surface area contributed by atoms with Gasteiger partial charge in [-0.05, 0) is 42.5 Å². The molecule has 2 heterocycles. The van der Waals surface area contributed by atoms with E-state index in [1.54, 1.807) is 6.20 Å². The molecule has 0 aliphatic carbocycles. The number of nitrogens with one attached hydrogen (secondary N) is 1. The molecule has 0 atom stereocenters. The van der Waals surface area contributed by atoms with E-state index >= 15 is 0 Å². The Morgan fingerprint density at radius 3 is 2.76 bits per heavy atom. The number of rotatable bonds is 6. The smallest absolute Gasteiger partial charge is 0.224 e. The van der Waals surface area contributed by atoms with Gasteiger partial charge in [0, 0.05) is 24.1 Å². The van der Waals surface area contributed by atoms with Gasteiger partial charge in [-0.15, -0.1) is 23.5 Å². The van der Waals surface area contributed by atoms with Gasteiger partial charge >= 0.3 is 0 Å². The van der Waals surface area contributed by atoms with E-state index in [0.717, 1.165) is 17.0 Å². The zero-order valence-corrected chi connectivity index (χ0v) is 18.0. The molecule has 1 aromatic heterocycles. The number of hydrogen-bond donors (Lipinski definition) is 1. The van der Waals surface area contributed by atoms with Crippen LogP contribution in [-0.2, 0) is 11.2 Å². The van der Waals surface area contributed by atoms with Crippen LogP contribution >= 0.6 is 23.5 Å². The van der Waals surface area contributed by atoms with E-state index in [-0.39, 0.29) is 5.91 Å². The molecule has 29 heavy (non-hydrogen) atoms. The topological polar surface area (TPSA) is 55.1 Å². The number of aryl methyl sites for hydroxylation is 2. The Hall–Kier alpha value is -2.18. The molecule has 0 saturated carbocycles. The minimum atomic E-state index is -0.0267. The van der Waals surface area contributed by atoms with Crippen LogP contribution in [0, 0.1) is 6.92 Å². The fourth-order valence-corrected chi connectivity index (χ4v) is 6.04. The first-order valence-corrected chi connectivity index (χ1v) is 11.9. The zero-order chi connectivity index (χ0) is 20.1. The number of carbonyl (C=O) groups is 1. The van der Waals surface area contributed by atoms with Gasteiger partial charge in [-0.25, -0.2) is 4.98 Å². The van der Waals surface area contributed by atoms with Crippen molar-refractivity contribution >= 4 is 35.1 Å². The van der Waals surface area contributed by atoms with E-state index in [0.29, 0.717) is 23.3 Å². The lowest BCUT2D eigenvalue weighted by molar-refractivity contribution is -0.116. The maximum atomic E-state index is 12.4. The number of oxazole rings is 1. The van der Waals surface area contributed by atoms with E-state index in [4.69, 9.17) is 4.42 Å². The molecule has 1 aliphatic rings. The lowest BCUT2D eigenvalue weighted by Crippen LogP contribution is -2.12. The summed E-state index contributed by atoms with van der Waals surface area (Å²) in [4.78, 5) is 16.7. The zero-order valence-electron chi connectivity index (χ0n) is 16.4. The number of amides is 1. The average molecular weight is 425 g/mol. The number of thioether (sulfide) groups is 2. The van der Waals surface area contributed by atoms with Gasteiger partial charge in [-0.1, -0.05) is 42.0 Å². The normalized spacial score (nSPS) is 14.7. The number of anilines is 1. The molecule has 1 saturated heterocycles. The molecule has 1 N–H and O–H groups in total. The lowest BCUT2D eigenvalue weighted by atomic mass is 10.1. The van der Waals surface area contributed by atoms with Crippen molar-refractivity contribution in [1.29, 1.82) is 0 Å². The number of aromatic nitrogens is 1. The summed E-state index contributed by atoms with van der Waals surface area (Å²) in [5.41, 5.74) is 4.32. The number of nitrogens with zero attached hydrogens (tertiary/aromatic N) is 1. The van der Waals surface area contributed by atoms with E-state index < -0.39 is 0 Å². The Balaban J connectivity index is 1.32. The lowest BCUT2D eigenvalue weighted by Gasteiger charge is -2.21. The van der Waals surface area contributed by atoms with Gasteiger partial charge in [0.05, 0.1) is 10.8 Å². The summed E-state index contributed by atoms with van der Waals surface area (Å²) in [6, 6.07) is 16.3. The molecule has 0 unspecified atom stereocenters. The third-order valence-electron chi connectivity index (χ3n) is 4.73. The molecule has 0 bridgehead atoms. The summed E-state index contributed by atoms with van der Waals surface area (Å²) in [6.07, 6.45) is 3.81. The first kappa shape index (κ1) is 20.1. The molecule has 0 spiro atoms. The van der Waals surface area contributed by atoms with Gasteiger partial charge in [0.2, 0.25) is 5.91 Å². The van der Waals surface area contributed by atoms with E-state index in [1.807, 2.05) is 59.9 Å². The van der Waals surface area contributed by atoms with Crippen molar-refractivity contribution in [3.63, 3.8) is 0 Å². The Morgan fingerprint density at radius 1 is 1.17 bits per heavy atom. The van der Waals surface area contributed by atoms with Crippen molar-refractivity contribution in [2.45, 2.75) is 30.8 Å². The van der Waals surface area contributed by atoms with Crippen LogP contribution in [0.1, 0.15) is 34.4 Å². The molecule has 150 valence electrons. The van der Waals surface area contributed by atoms with Crippen LogP contribution in [0.3, 0.4) is 0 Å². The minimum absolute atomic E-state index is 0.0267. The highest BCUT2D eigenvalue weighted by Gasteiger charge is 2.17. The Morgan fingerprint density at radius 2 is 1.97 bits per heavy atom. The second-order valence-corrected chi connectivity index (χ2v) is 9.81. The summed E-state index contributed by atoms with van der Waals surface area (Å²) in [6.45, 7) is 2.05. The highest BCUT2D eigenvalue weighted by molar-refractivity contribution is 8.16. The molecule has 2 aromatic carbocycles. The summed E-state index contributed by atoms with van der Waals surface area (Å²) in [5.74, 6) is 3.69. The van der Waals surface area contributed by atoms with Crippen LogP contribution in [0.15, 0.2) is 59.1 Å². The predicted octanol–water partition coefficient (Wildman–Crippen LogP) is 6.09.